The van der Waals surface area contributed by atoms with Gasteiger partial charge >= 0.3 is 5.97 Å². The minimum atomic E-state index is -0.681. The van der Waals surface area contributed by atoms with Crippen LogP contribution in [-0.2, 0) is 14.3 Å². The number of aliphatic hydroxyl groups is 2. The van der Waals surface area contributed by atoms with Gasteiger partial charge in [0.2, 0.25) is 5.91 Å². The van der Waals surface area contributed by atoms with Crippen LogP contribution in [0.25, 0.3) is 0 Å². The Morgan fingerprint density at radius 3 is 1.17 bits per heavy atom. The van der Waals surface area contributed by atoms with Gasteiger partial charge in [0.15, 0.2) is 0 Å². The van der Waals surface area contributed by atoms with Gasteiger partial charge in [-0.05, 0) is 89.9 Å². The molecule has 1 amide bonds. The van der Waals surface area contributed by atoms with Gasteiger partial charge in [-0.15, -0.1) is 0 Å². The Morgan fingerprint density at radius 1 is 0.403 bits per heavy atom. The topological polar surface area (TPSA) is 95.9 Å². The fraction of sp³-hybridized carbons (Fsp3) is 0.848. The number of carbonyl (C=O) groups excluding carboxylic acids is 2. The molecule has 0 fully saturated rings. The minimum Gasteiger partial charge on any atom is -0.466 e. The van der Waals surface area contributed by atoms with Crippen LogP contribution in [-0.4, -0.2) is 47.4 Å². The molecule has 0 heterocycles. The third-order valence-electron chi connectivity index (χ3n) is 14.6. The van der Waals surface area contributed by atoms with E-state index in [0.29, 0.717) is 25.9 Å². The lowest BCUT2D eigenvalue weighted by Gasteiger charge is -2.22. The number of ether oxygens (including phenoxy) is 1. The van der Waals surface area contributed by atoms with Gasteiger partial charge in [0, 0.05) is 12.8 Å². The quantitative estimate of drug-likeness (QED) is 0.0244. The van der Waals surface area contributed by atoms with Crippen LogP contribution in [0.1, 0.15) is 335 Å². The molecular formula is C66H123NO5. The Balaban J connectivity index is 3.50. The number of unbranched alkanes of at least 4 members (excludes halogenated alkanes) is 41. The van der Waals surface area contributed by atoms with Crippen molar-refractivity contribution in [3.05, 3.63) is 48.6 Å². The second-order valence-electron chi connectivity index (χ2n) is 21.8. The van der Waals surface area contributed by atoms with Gasteiger partial charge in [0.25, 0.3) is 0 Å². The van der Waals surface area contributed by atoms with Crippen LogP contribution in [0.15, 0.2) is 48.6 Å². The minimum absolute atomic E-state index is 0.0251. The van der Waals surface area contributed by atoms with Crippen LogP contribution < -0.4 is 5.32 Å². The molecule has 0 aliphatic carbocycles. The summed E-state index contributed by atoms with van der Waals surface area (Å²) in [5, 5.41) is 23.4. The third-order valence-corrected chi connectivity index (χ3v) is 14.6. The van der Waals surface area contributed by atoms with Crippen molar-refractivity contribution in [2.24, 2.45) is 0 Å². The summed E-state index contributed by atoms with van der Waals surface area (Å²) in [6.45, 7) is 4.89. The van der Waals surface area contributed by atoms with Crippen LogP contribution in [0.2, 0.25) is 0 Å². The van der Waals surface area contributed by atoms with Gasteiger partial charge in [-0.2, -0.15) is 0 Å². The average molecular weight is 1010 g/mol. The average Bonchev–Trinajstić information content (AvgIpc) is 3.38. The summed E-state index contributed by atoms with van der Waals surface area (Å²) in [5.41, 5.74) is 0. The number of nitrogens with one attached hydrogen (secondary N) is 1. The highest BCUT2D eigenvalue weighted by atomic mass is 16.5. The smallest absolute Gasteiger partial charge is 0.305 e. The number of hydrogen-bond donors (Lipinski definition) is 3. The van der Waals surface area contributed by atoms with Crippen molar-refractivity contribution in [3.63, 3.8) is 0 Å². The highest BCUT2D eigenvalue weighted by molar-refractivity contribution is 5.76. The van der Waals surface area contributed by atoms with E-state index >= 15 is 0 Å². The second kappa shape index (κ2) is 61.4. The second-order valence-corrected chi connectivity index (χ2v) is 21.8. The van der Waals surface area contributed by atoms with Gasteiger partial charge in [-0.25, -0.2) is 0 Å². The summed E-state index contributed by atoms with van der Waals surface area (Å²) in [5.74, 6) is -0.0805. The predicted molar refractivity (Wildman–Crippen MR) is 315 cm³/mol. The summed E-state index contributed by atoms with van der Waals surface area (Å²) in [6, 6.07) is -0.560. The van der Waals surface area contributed by atoms with Gasteiger partial charge in [-0.1, -0.05) is 281 Å². The molecular weight excluding hydrogens is 887 g/mol. The monoisotopic (exact) mass is 1010 g/mol. The van der Waals surface area contributed by atoms with Gasteiger partial charge in [0.05, 0.1) is 25.4 Å². The van der Waals surface area contributed by atoms with Crippen LogP contribution in [0.5, 0.6) is 0 Å². The zero-order chi connectivity index (χ0) is 52.2. The zero-order valence-electron chi connectivity index (χ0n) is 48.2. The summed E-state index contributed by atoms with van der Waals surface area (Å²) >= 11 is 0. The molecule has 0 spiro atoms. The zero-order valence-corrected chi connectivity index (χ0v) is 48.2. The van der Waals surface area contributed by atoms with E-state index in [2.05, 4.69) is 67.8 Å². The molecule has 6 heteroatoms. The maximum Gasteiger partial charge on any atom is 0.305 e. The molecule has 72 heavy (non-hydrogen) atoms. The van der Waals surface area contributed by atoms with E-state index in [9.17, 15) is 19.8 Å². The van der Waals surface area contributed by atoms with E-state index in [1.807, 2.05) is 0 Å². The van der Waals surface area contributed by atoms with E-state index in [1.165, 1.54) is 218 Å². The highest BCUT2D eigenvalue weighted by Crippen LogP contribution is 2.17. The number of rotatable bonds is 59. The molecule has 0 aromatic rings. The fourth-order valence-corrected chi connectivity index (χ4v) is 9.72. The molecule has 0 aliphatic heterocycles. The number of amides is 1. The van der Waals surface area contributed by atoms with Crippen LogP contribution in [0, 0.1) is 0 Å². The molecule has 0 radical (unpaired) electrons. The number of esters is 1. The molecule has 2 atom stereocenters. The summed E-state index contributed by atoms with van der Waals surface area (Å²) in [7, 11) is 0. The van der Waals surface area contributed by atoms with Gasteiger partial charge in [-0.3, -0.25) is 9.59 Å². The first-order chi connectivity index (χ1) is 35.5. The Kier molecular flexibility index (Phi) is 59.5. The van der Waals surface area contributed by atoms with Crippen molar-refractivity contribution in [3.8, 4) is 0 Å². The van der Waals surface area contributed by atoms with Crippen molar-refractivity contribution in [2.75, 3.05) is 13.2 Å². The van der Waals surface area contributed by atoms with Crippen LogP contribution >= 0.6 is 0 Å². The van der Waals surface area contributed by atoms with Crippen LogP contribution in [0.3, 0.4) is 0 Å². The summed E-state index contributed by atoms with van der Waals surface area (Å²) < 4.78 is 5.47. The maximum atomic E-state index is 12.5. The standard InChI is InChI=1S/C66H123NO5/c1-3-5-7-9-11-13-15-17-19-21-23-24-26-27-30-34-38-42-46-50-54-58-64(69)63(62-68)67-65(70)59-55-51-47-43-39-35-31-29-33-37-41-45-49-53-57-61-72-66(71)60-56-52-48-44-40-36-32-28-25-22-20-18-16-14-12-10-8-6-4-2/h12,14,18,20,29,33,37,41,63-64,68-69H,3-11,13,15-17,19,21-28,30-32,34-36,38-40,42-62H2,1-2H3,(H,67,70)/b14-12-,20-18-,33-29-,41-37-. The number of allylic oxidation sites excluding steroid dienone is 8. The maximum absolute atomic E-state index is 12.5. The molecule has 0 bridgehead atoms. The highest BCUT2D eigenvalue weighted by Gasteiger charge is 2.20. The first-order valence-corrected chi connectivity index (χ1v) is 31.9. The SMILES string of the molecule is CCCCC/C=C\C/C=C\CCCCCCCCCCCC(=O)OCCCCC/C=C\C=C/CCCCCCCCC(=O)NC(CO)C(O)CCCCCCCCCCCCCCCCCCCCCCC. The Morgan fingerprint density at radius 2 is 0.736 bits per heavy atom. The van der Waals surface area contributed by atoms with Crippen LogP contribution in [0.4, 0.5) is 0 Å². The lowest BCUT2D eigenvalue weighted by Crippen LogP contribution is -2.45. The molecule has 0 aromatic carbocycles. The molecule has 2 unspecified atom stereocenters. The summed E-state index contributed by atoms with van der Waals surface area (Å²) in [4.78, 5) is 24.6. The van der Waals surface area contributed by atoms with E-state index in [0.717, 1.165) is 83.5 Å². The van der Waals surface area contributed by atoms with E-state index in [4.69, 9.17) is 4.74 Å². The molecule has 0 saturated heterocycles. The van der Waals surface area contributed by atoms with E-state index in [1.54, 1.807) is 0 Å². The van der Waals surface area contributed by atoms with Crippen molar-refractivity contribution in [1.29, 1.82) is 0 Å². The Bertz CT molecular complexity index is 1210. The molecule has 0 saturated carbocycles. The normalized spacial score (nSPS) is 12.9. The molecule has 6 nitrogen and oxygen atoms in total. The molecule has 3 N–H and O–H groups in total. The molecule has 0 aliphatic rings. The first kappa shape index (κ1) is 69.8. The van der Waals surface area contributed by atoms with Gasteiger partial charge < -0.3 is 20.3 Å². The largest absolute Gasteiger partial charge is 0.466 e. The molecule has 422 valence electrons. The first-order valence-electron chi connectivity index (χ1n) is 31.9. The Labute approximate surface area is 448 Å². The number of aliphatic hydroxyl groups excluding tert-OH is 2. The lowest BCUT2D eigenvalue weighted by molar-refractivity contribution is -0.143. The molecule has 0 rings (SSSR count). The number of carbonyl (C=O) groups is 2. The van der Waals surface area contributed by atoms with Crippen molar-refractivity contribution >= 4 is 11.9 Å². The number of hydrogen-bond acceptors (Lipinski definition) is 5. The lowest BCUT2D eigenvalue weighted by atomic mass is 10.0. The van der Waals surface area contributed by atoms with Gasteiger partial charge in [0.1, 0.15) is 0 Å². The molecule has 0 aromatic heterocycles. The summed E-state index contributed by atoms with van der Waals surface area (Å²) in [6.07, 6.45) is 78.3. The van der Waals surface area contributed by atoms with Crippen molar-refractivity contribution in [1.82, 2.24) is 5.32 Å². The Hall–Kier alpha value is -2.18. The van der Waals surface area contributed by atoms with E-state index < -0.39 is 12.1 Å². The van der Waals surface area contributed by atoms with Crippen molar-refractivity contribution < 1.29 is 24.5 Å². The fourth-order valence-electron chi connectivity index (χ4n) is 9.72. The van der Waals surface area contributed by atoms with E-state index in [-0.39, 0.29) is 18.5 Å². The van der Waals surface area contributed by atoms with Crippen molar-refractivity contribution in [2.45, 2.75) is 347 Å². The third kappa shape index (κ3) is 57.1. The predicted octanol–water partition coefficient (Wildman–Crippen LogP) is 20.1.